The summed E-state index contributed by atoms with van der Waals surface area (Å²) in [5.74, 6) is -0.438. The van der Waals surface area contributed by atoms with E-state index >= 15 is 0 Å². The van der Waals surface area contributed by atoms with Crippen molar-refractivity contribution in [2.24, 2.45) is 0 Å². The molecule has 0 aliphatic carbocycles. The van der Waals surface area contributed by atoms with Crippen molar-refractivity contribution in [2.75, 3.05) is 5.32 Å². The maximum absolute atomic E-state index is 13.5. The Morgan fingerprint density at radius 2 is 2.30 bits per heavy atom. The van der Waals surface area contributed by atoms with E-state index in [1.807, 2.05) is 6.92 Å². The zero-order valence-corrected chi connectivity index (χ0v) is 13.1. The number of nitrogens with one attached hydrogen (secondary N) is 2. The van der Waals surface area contributed by atoms with E-state index in [2.05, 4.69) is 20.7 Å². The predicted molar refractivity (Wildman–Crippen MR) is 86.2 cm³/mol. The van der Waals surface area contributed by atoms with Gasteiger partial charge in [0.05, 0.1) is 17.9 Å². The zero-order valence-electron chi connectivity index (χ0n) is 12.3. The molecule has 0 saturated heterocycles. The summed E-state index contributed by atoms with van der Waals surface area (Å²) in [6, 6.07) is 5.44. The van der Waals surface area contributed by atoms with Crippen LogP contribution in [0.4, 0.5) is 14.9 Å². The van der Waals surface area contributed by atoms with Gasteiger partial charge in [-0.05, 0) is 31.2 Å². The first-order chi connectivity index (χ1) is 11.1. The second-order valence-electron chi connectivity index (χ2n) is 4.78. The summed E-state index contributed by atoms with van der Waals surface area (Å²) in [6.07, 6.45) is 5.08. The minimum atomic E-state index is -0.438. The Kier molecular flexibility index (Phi) is 4.33. The molecule has 0 radical (unpaired) electrons. The molecule has 2 heterocycles. The SMILES string of the molecule is Cc1cnc(CNC(=O)Nc2cc(F)ccc2-n2cccn2)s1. The Labute approximate surface area is 136 Å². The maximum atomic E-state index is 13.5. The van der Waals surface area contributed by atoms with Crippen molar-refractivity contribution in [1.82, 2.24) is 20.1 Å². The number of aryl methyl sites for hydroxylation is 1. The maximum Gasteiger partial charge on any atom is 0.319 e. The van der Waals surface area contributed by atoms with Gasteiger partial charge in [-0.15, -0.1) is 11.3 Å². The monoisotopic (exact) mass is 331 g/mol. The number of amides is 2. The number of halogens is 1. The third kappa shape index (κ3) is 3.72. The third-order valence-electron chi connectivity index (χ3n) is 3.03. The van der Waals surface area contributed by atoms with Gasteiger partial charge in [0.15, 0.2) is 0 Å². The summed E-state index contributed by atoms with van der Waals surface area (Å²) in [5, 5.41) is 10.2. The molecule has 0 saturated carbocycles. The summed E-state index contributed by atoms with van der Waals surface area (Å²) in [5.41, 5.74) is 0.915. The standard InChI is InChI=1S/C15H14FN5OS/c1-10-8-17-14(23-10)9-18-15(22)20-12-7-11(16)3-4-13(12)21-6-2-5-19-21/h2-8H,9H2,1H3,(H2,18,20,22). The van der Waals surface area contributed by atoms with Crippen molar-refractivity contribution in [3.8, 4) is 5.69 Å². The fourth-order valence-electron chi connectivity index (χ4n) is 2.03. The van der Waals surface area contributed by atoms with E-state index in [4.69, 9.17) is 0 Å². The molecule has 1 aromatic carbocycles. The Balaban J connectivity index is 1.71. The van der Waals surface area contributed by atoms with Gasteiger partial charge >= 0.3 is 6.03 Å². The summed E-state index contributed by atoms with van der Waals surface area (Å²) in [6.45, 7) is 2.26. The Hall–Kier alpha value is -2.74. The van der Waals surface area contributed by atoms with Crippen molar-refractivity contribution < 1.29 is 9.18 Å². The quantitative estimate of drug-likeness (QED) is 0.772. The molecule has 0 atom stereocenters. The van der Waals surface area contributed by atoms with Gasteiger partial charge in [-0.3, -0.25) is 0 Å². The summed E-state index contributed by atoms with van der Waals surface area (Å²) in [7, 11) is 0. The lowest BCUT2D eigenvalue weighted by Gasteiger charge is -2.11. The third-order valence-corrected chi connectivity index (χ3v) is 3.94. The number of urea groups is 1. The van der Waals surface area contributed by atoms with Crippen LogP contribution in [-0.4, -0.2) is 20.8 Å². The van der Waals surface area contributed by atoms with Crippen LogP contribution in [0.3, 0.4) is 0 Å². The average Bonchev–Trinajstić information content (AvgIpc) is 3.17. The van der Waals surface area contributed by atoms with Crippen LogP contribution in [0, 0.1) is 12.7 Å². The number of hydrogen-bond acceptors (Lipinski definition) is 4. The topological polar surface area (TPSA) is 71.8 Å². The molecule has 0 aliphatic rings. The van der Waals surface area contributed by atoms with E-state index in [0.29, 0.717) is 17.9 Å². The van der Waals surface area contributed by atoms with Crippen molar-refractivity contribution in [1.29, 1.82) is 0 Å². The second kappa shape index (κ2) is 6.57. The highest BCUT2D eigenvalue weighted by Gasteiger charge is 2.10. The van der Waals surface area contributed by atoms with Crippen molar-refractivity contribution in [3.05, 3.63) is 58.6 Å². The fourth-order valence-corrected chi connectivity index (χ4v) is 2.75. The zero-order chi connectivity index (χ0) is 16.2. The van der Waals surface area contributed by atoms with E-state index in [1.165, 1.54) is 23.5 Å². The van der Waals surface area contributed by atoms with Crippen LogP contribution in [-0.2, 0) is 6.54 Å². The molecule has 8 heteroatoms. The lowest BCUT2D eigenvalue weighted by Crippen LogP contribution is -2.28. The number of aromatic nitrogens is 3. The molecule has 0 unspecified atom stereocenters. The molecule has 118 valence electrons. The van der Waals surface area contributed by atoms with E-state index in [0.717, 1.165) is 9.88 Å². The van der Waals surface area contributed by atoms with Gasteiger partial charge in [0.1, 0.15) is 10.8 Å². The number of nitrogens with zero attached hydrogens (tertiary/aromatic N) is 3. The van der Waals surface area contributed by atoms with Crippen LogP contribution in [0.25, 0.3) is 5.69 Å². The highest BCUT2D eigenvalue weighted by molar-refractivity contribution is 7.11. The minimum Gasteiger partial charge on any atom is -0.331 e. The van der Waals surface area contributed by atoms with Gasteiger partial charge < -0.3 is 10.6 Å². The van der Waals surface area contributed by atoms with E-state index < -0.39 is 11.8 Å². The highest BCUT2D eigenvalue weighted by atomic mass is 32.1. The van der Waals surface area contributed by atoms with Gasteiger partial charge in [-0.2, -0.15) is 5.10 Å². The number of benzene rings is 1. The molecular weight excluding hydrogens is 317 g/mol. The number of thiazole rings is 1. The average molecular weight is 331 g/mol. The van der Waals surface area contributed by atoms with Crippen LogP contribution in [0.15, 0.2) is 42.9 Å². The van der Waals surface area contributed by atoms with Crippen molar-refractivity contribution in [3.63, 3.8) is 0 Å². The molecule has 2 aromatic heterocycles. The van der Waals surface area contributed by atoms with Gasteiger partial charge in [-0.1, -0.05) is 0 Å². The number of carbonyl (C=O) groups excluding carboxylic acids is 1. The second-order valence-corrected chi connectivity index (χ2v) is 6.10. The lowest BCUT2D eigenvalue weighted by molar-refractivity contribution is 0.251. The molecular formula is C15H14FN5OS. The largest absolute Gasteiger partial charge is 0.331 e. The number of rotatable bonds is 4. The molecule has 0 spiro atoms. The molecule has 2 amide bonds. The first-order valence-corrected chi connectivity index (χ1v) is 7.69. The van der Waals surface area contributed by atoms with E-state index in [1.54, 1.807) is 35.4 Å². The molecule has 0 aliphatic heterocycles. The van der Waals surface area contributed by atoms with Crippen LogP contribution in [0.5, 0.6) is 0 Å². The number of anilines is 1. The van der Waals surface area contributed by atoms with Gasteiger partial charge in [0.2, 0.25) is 0 Å². The Bertz CT molecular complexity index is 815. The molecule has 3 aromatic rings. The minimum absolute atomic E-state index is 0.316. The molecule has 0 bridgehead atoms. The highest BCUT2D eigenvalue weighted by Crippen LogP contribution is 2.21. The Morgan fingerprint density at radius 1 is 1.43 bits per heavy atom. The molecule has 3 rings (SSSR count). The molecule has 23 heavy (non-hydrogen) atoms. The van der Waals surface area contributed by atoms with Crippen LogP contribution >= 0.6 is 11.3 Å². The first-order valence-electron chi connectivity index (χ1n) is 6.87. The van der Waals surface area contributed by atoms with Crippen molar-refractivity contribution >= 4 is 23.1 Å². The normalized spacial score (nSPS) is 10.5. The Morgan fingerprint density at radius 3 is 3.00 bits per heavy atom. The number of hydrogen-bond donors (Lipinski definition) is 2. The molecule has 6 nitrogen and oxygen atoms in total. The smallest absolute Gasteiger partial charge is 0.319 e. The van der Waals surface area contributed by atoms with E-state index in [-0.39, 0.29) is 0 Å². The fraction of sp³-hybridized carbons (Fsp3) is 0.133. The van der Waals surface area contributed by atoms with Gasteiger partial charge in [0, 0.05) is 23.5 Å². The summed E-state index contributed by atoms with van der Waals surface area (Å²) < 4.78 is 15.0. The first kappa shape index (κ1) is 15.2. The summed E-state index contributed by atoms with van der Waals surface area (Å²) in [4.78, 5) is 17.3. The number of carbonyl (C=O) groups is 1. The van der Waals surface area contributed by atoms with E-state index in [9.17, 15) is 9.18 Å². The summed E-state index contributed by atoms with van der Waals surface area (Å²) >= 11 is 1.51. The van der Waals surface area contributed by atoms with Crippen molar-refractivity contribution in [2.45, 2.75) is 13.5 Å². The lowest BCUT2D eigenvalue weighted by atomic mass is 10.2. The van der Waals surface area contributed by atoms with Crippen LogP contribution in [0.2, 0.25) is 0 Å². The van der Waals surface area contributed by atoms with Crippen LogP contribution < -0.4 is 10.6 Å². The molecule has 0 fully saturated rings. The van der Waals surface area contributed by atoms with Gasteiger partial charge in [0.25, 0.3) is 0 Å². The van der Waals surface area contributed by atoms with Gasteiger partial charge in [-0.25, -0.2) is 18.9 Å². The molecule has 2 N–H and O–H groups in total. The van der Waals surface area contributed by atoms with Crippen LogP contribution in [0.1, 0.15) is 9.88 Å². The predicted octanol–water partition coefficient (Wildman–Crippen LogP) is 3.10.